The predicted molar refractivity (Wildman–Crippen MR) is 89.2 cm³/mol. The second-order valence-corrected chi connectivity index (χ2v) is 5.83. The van der Waals surface area contributed by atoms with Gasteiger partial charge in [0, 0.05) is 23.5 Å². The van der Waals surface area contributed by atoms with Gasteiger partial charge in [0.15, 0.2) is 0 Å². The minimum atomic E-state index is -0.275. The van der Waals surface area contributed by atoms with Crippen molar-refractivity contribution in [2.24, 2.45) is 0 Å². The fraction of sp³-hybridized carbons (Fsp3) is 0.176. The Kier molecular flexibility index (Phi) is 3.12. The quantitative estimate of drug-likeness (QED) is 0.729. The van der Waals surface area contributed by atoms with E-state index in [1.807, 2.05) is 48.5 Å². The van der Waals surface area contributed by atoms with Crippen LogP contribution in [0.2, 0.25) is 5.02 Å². The van der Waals surface area contributed by atoms with Gasteiger partial charge in [0.1, 0.15) is 5.82 Å². The highest BCUT2D eigenvalue weighted by molar-refractivity contribution is 6.31. The number of hydrogen-bond donors (Lipinski definition) is 0. The Bertz CT molecular complexity index is 901. The molecule has 4 nitrogen and oxygen atoms in total. The molecule has 3 aromatic rings. The molecular formula is C17H14ClN3O. The summed E-state index contributed by atoms with van der Waals surface area (Å²) in [7, 11) is 0. The summed E-state index contributed by atoms with van der Waals surface area (Å²) in [6, 6.07) is 15.1. The van der Waals surface area contributed by atoms with E-state index in [0.29, 0.717) is 5.02 Å². The van der Waals surface area contributed by atoms with Gasteiger partial charge in [0.25, 0.3) is 0 Å². The summed E-state index contributed by atoms with van der Waals surface area (Å²) in [6.07, 6.45) is 1.14. The van der Waals surface area contributed by atoms with E-state index in [0.717, 1.165) is 41.9 Å². The van der Waals surface area contributed by atoms with Crippen LogP contribution in [0.25, 0.3) is 16.6 Å². The Morgan fingerprint density at radius 3 is 2.50 bits per heavy atom. The van der Waals surface area contributed by atoms with Gasteiger partial charge in [-0.05, 0) is 36.8 Å². The number of hydrogen-bond acceptors (Lipinski definition) is 3. The molecule has 5 heteroatoms. The molecule has 1 aliphatic heterocycles. The Balaban J connectivity index is 2.07. The molecule has 22 heavy (non-hydrogen) atoms. The molecule has 2 heterocycles. The maximum atomic E-state index is 12.6. The van der Waals surface area contributed by atoms with Crippen LogP contribution in [0.3, 0.4) is 0 Å². The van der Waals surface area contributed by atoms with Gasteiger partial charge >= 0.3 is 5.69 Å². The number of para-hydroxylation sites is 1. The van der Waals surface area contributed by atoms with Crippen molar-refractivity contribution < 1.29 is 0 Å². The Labute approximate surface area is 132 Å². The van der Waals surface area contributed by atoms with Crippen LogP contribution in [0.1, 0.15) is 6.42 Å². The van der Waals surface area contributed by atoms with Crippen LogP contribution in [0.15, 0.2) is 53.3 Å². The van der Waals surface area contributed by atoms with Gasteiger partial charge in [-0.15, -0.1) is 0 Å². The van der Waals surface area contributed by atoms with Gasteiger partial charge < -0.3 is 4.90 Å². The number of rotatable bonds is 2. The summed E-state index contributed by atoms with van der Waals surface area (Å²) in [5.41, 5.74) is 1.31. The minimum absolute atomic E-state index is 0.275. The normalized spacial score (nSPS) is 14.1. The highest BCUT2D eigenvalue weighted by atomic mass is 35.5. The lowest BCUT2D eigenvalue weighted by atomic mass is 10.1. The van der Waals surface area contributed by atoms with Gasteiger partial charge in [-0.2, -0.15) is 4.98 Å². The fourth-order valence-electron chi connectivity index (χ4n) is 2.78. The number of nitrogens with zero attached hydrogens (tertiary/aromatic N) is 3. The number of benzene rings is 2. The van der Waals surface area contributed by atoms with Crippen molar-refractivity contribution in [2.45, 2.75) is 6.42 Å². The average molecular weight is 312 g/mol. The topological polar surface area (TPSA) is 38.1 Å². The minimum Gasteiger partial charge on any atom is -0.356 e. The monoisotopic (exact) mass is 311 g/mol. The predicted octanol–water partition coefficient (Wildman–Crippen LogP) is 3.25. The number of anilines is 1. The van der Waals surface area contributed by atoms with Crippen molar-refractivity contribution in [2.75, 3.05) is 18.0 Å². The molecule has 0 unspecified atom stereocenters. The summed E-state index contributed by atoms with van der Waals surface area (Å²) in [5, 5.41) is 1.56. The van der Waals surface area contributed by atoms with E-state index in [1.54, 1.807) is 4.57 Å². The fourth-order valence-corrected chi connectivity index (χ4v) is 2.94. The molecule has 0 amide bonds. The average Bonchev–Trinajstić information content (AvgIpc) is 2.46. The van der Waals surface area contributed by atoms with E-state index >= 15 is 0 Å². The summed E-state index contributed by atoms with van der Waals surface area (Å²) in [5.74, 6) is 0.759. The first-order valence-electron chi connectivity index (χ1n) is 7.27. The van der Waals surface area contributed by atoms with E-state index in [-0.39, 0.29) is 5.69 Å². The molecule has 110 valence electrons. The second-order valence-electron chi connectivity index (χ2n) is 5.39. The largest absolute Gasteiger partial charge is 0.356 e. The molecule has 0 N–H and O–H groups in total. The van der Waals surface area contributed by atoms with E-state index in [9.17, 15) is 4.79 Å². The van der Waals surface area contributed by atoms with Crippen LogP contribution in [0.4, 0.5) is 5.82 Å². The van der Waals surface area contributed by atoms with Crippen molar-refractivity contribution in [3.63, 3.8) is 0 Å². The van der Waals surface area contributed by atoms with Crippen molar-refractivity contribution >= 4 is 28.3 Å². The number of aromatic nitrogens is 2. The van der Waals surface area contributed by atoms with Gasteiger partial charge in [0.05, 0.1) is 11.2 Å². The van der Waals surface area contributed by atoms with E-state index in [1.165, 1.54) is 0 Å². The zero-order chi connectivity index (χ0) is 15.1. The Hall–Kier alpha value is -2.33. The Morgan fingerprint density at radius 2 is 1.82 bits per heavy atom. The van der Waals surface area contributed by atoms with Crippen molar-refractivity contribution in [1.29, 1.82) is 0 Å². The summed E-state index contributed by atoms with van der Waals surface area (Å²) < 4.78 is 1.62. The zero-order valence-corrected chi connectivity index (χ0v) is 12.6. The molecule has 1 aromatic heterocycles. The number of fused-ring (bicyclic) bond motifs is 1. The maximum Gasteiger partial charge on any atom is 0.354 e. The highest BCUT2D eigenvalue weighted by Gasteiger charge is 2.21. The van der Waals surface area contributed by atoms with Crippen LogP contribution >= 0.6 is 11.6 Å². The summed E-state index contributed by atoms with van der Waals surface area (Å²) >= 11 is 6.16. The lowest BCUT2D eigenvalue weighted by Gasteiger charge is -2.33. The van der Waals surface area contributed by atoms with E-state index < -0.39 is 0 Å². The van der Waals surface area contributed by atoms with Crippen molar-refractivity contribution in [3.05, 3.63) is 64.0 Å². The first-order chi connectivity index (χ1) is 10.7. The van der Waals surface area contributed by atoms with E-state index in [4.69, 9.17) is 11.6 Å². The van der Waals surface area contributed by atoms with Crippen LogP contribution in [-0.2, 0) is 0 Å². The van der Waals surface area contributed by atoms with Gasteiger partial charge in [-0.3, -0.25) is 4.57 Å². The third kappa shape index (κ3) is 2.07. The molecule has 1 saturated heterocycles. The third-order valence-electron chi connectivity index (χ3n) is 4.00. The molecule has 0 saturated carbocycles. The molecule has 1 aliphatic rings. The molecule has 0 aliphatic carbocycles. The summed E-state index contributed by atoms with van der Waals surface area (Å²) in [6.45, 7) is 1.89. The first-order valence-corrected chi connectivity index (χ1v) is 7.64. The van der Waals surface area contributed by atoms with Crippen LogP contribution in [0, 0.1) is 0 Å². The lowest BCUT2D eigenvalue weighted by molar-refractivity contribution is 0.609. The van der Waals surface area contributed by atoms with Crippen LogP contribution in [-0.4, -0.2) is 22.6 Å². The second kappa shape index (κ2) is 5.14. The van der Waals surface area contributed by atoms with Crippen molar-refractivity contribution in [1.82, 2.24) is 9.55 Å². The van der Waals surface area contributed by atoms with Gasteiger partial charge in [-0.25, -0.2) is 4.79 Å². The standard InChI is InChI=1S/C17H14ClN3O/c18-12-7-8-14-15(11-12)21(13-5-2-1-3-6-13)17(22)19-16(14)20-9-4-10-20/h1-3,5-8,11H,4,9-10H2. The zero-order valence-electron chi connectivity index (χ0n) is 11.9. The highest BCUT2D eigenvalue weighted by Crippen LogP contribution is 2.29. The van der Waals surface area contributed by atoms with Crippen molar-refractivity contribution in [3.8, 4) is 5.69 Å². The lowest BCUT2D eigenvalue weighted by Crippen LogP contribution is -2.39. The molecule has 1 fully saturated rings. The molecule has 0 radical (unpaired) electrons. The third-order valence-corrected chi connectivity index (χ3v) is 4.24. The summed E-state index contributed by atoms with van der Waals surface area (Å²) in [4.78, 5) is 19.0. The molecule has 0 spiro atoms. The molecule has 0 bridgehead atoms. The molecule has 4 rings (SSSR count). The Morgan fingerprint density at radius 1 is 1.05 bits per heavy atom. The molecule has 2 aromatic carbocycles. The van der Waals surface area contributed by atoms with Crippen LogP contribution < -0.4 is 10.6 Å². The maximum absolute atomic E-state index is 12.6. The van der Waals surface area contributed by atoms with Crippen LogP contribution in [0.5, 0.6) is 0 Å². The smallest absolute Gasteiger partial charge is 0.354 e. The number of halogens is 1. The van der Waals surface area contributed by atoms with Gasteiger partial charge in [0.2, 0.25) is 0 Å². The van der Waals surface area contributed by atoms with E-state index in [2.05, 4.69) is 9.88 Å². The SMILES string of the molecule is O=c1nc(N2CCC2)c2ccc(Cl)cc2n1-c1ccccc1. The molecule has 0 atom stereocenters. The van der Waals surface area contributed by atoms with Gasteiger partial charge in [-0.1, -0.05) is 29.8 Å². The molecular weight excluding hydrogens is 298 g/mol. The first kappa shape index (κ1) is 13.3.